The van der Waals surface area contributed by atoms with Crippen molar-refractivity contribution in [2.24, 2.45) is 5.92 Å². The van der Waals surface area contributed by atoms with Crippen LogP contribution in [0.15, 0.2) is 53.4 Å². The van der Waals surface area contributed by atoms with Gasteiger partial charge in [-0.2, -0.15) is 0 Å². The third-order valence-corrected chi connectivity index (χ3v) is 6.59. The molecule has 0 unspecified atom stereocenters. The highest BCUT2D eigenvalue weighted by Gasteiger charge is 2.34. The van der Waals surface area contributed by atoms with Crippen LogP contribution in [-0.2, 0) is 14.8 Å². The Kier molecular flexibility index (Phi) is 7.00. The molecule has 2 N–H and O–H groups in total. The summed E-state index contributed by atoms with van der Waals surface area (Å²) in [5, 5.41) is 2.90. The molecule has 1 fully saturated rings. The highest BCUT2D eigenvalue weighted by Crippen LogP contribution is 2.23. The van der Waals surface area contributed by atoms with E-state index in [-0.39, 0.29) is 16.7 Å². The van der Waals surface area contributed by atoms with Crippen molar-refractivity contribution in [1.82, 2.24) is 10.2 Å². The first-order valence-corrected chi connectivity index (χ1v) is 11.9. The summed E-state index contributed by atoms with van der Waals surface area (Å²) >= 11 is 0. The monoisotopic (exact) mass is 443 g/mol. The summed E-state index contributed by atoms with van der Waals surface area (Å²) in [6.45, 7) is 6.97. The second-order valence-corrected chi connectivity index (χ2v) is 9.98. The van der Waals surface area contributed by atoms with E-state index in [4.69, 9.17) is 0 Å². The smallest absolute Gasteiger partial charge is 0.261 e. The standard InChI is InChI=1S/C23H29N3O4S/c1-16(2)15-24-22(27)21-8-5-13-26(21)23(28)18-6-4-7-19(14-18)25-31(29,30)20-11-9-17(3)10-12-20/h4,6-7,9-12,14,16,21,25H,5,8,13,15H2,1-3H3,(H,24,27)/t21-/m1/s1. The summed E-state index contributed by atoms with van der Waals surface area (Å²) in [5.41, 5.74) is 1.60. The Morgan fingerprint density at radius 2 is 1.84 bits per heavy atom. The number of aryl methyl sites for hydroxylation is 1. The number of rotatable bonds is 7. The first-order chi connectivity index (χ1) is 14.7. The lowest BCUT2D eigenvalue weighted by atomic mass is 10.1. The van der Waals surface area contributed by atoms with Crippen molar-refractivity contribution in [2.75, 3.05) is 17.8 Å². The van der Waals surface area contributed by atoms with Gasteiger partial charge in [-0.05, 0) is 56.0 Å². The highest BCUT2D eigenvalue weighted by molar-refractivity contribution is 7.92. The quantitative estimate of drug-likeness (QED) is 0.687. The molecule has 7 nitrogen and oxygen atoms in total. The van der Waals surface area contributed by atoms with Gasteiger partial charge < -0.3 is 10.2 Å². The second-order valence-electron chi connectivity index (χ2n) is 8.29. The van der Waals surface area contributed by atoms with E-state index in [1.54, 1.807) is 35.2 Å². The van der Waals surface area contributed by atoms with Gasteiger partial charge in [0, 0.05) is 24.3 Å². The second kappa shape index (κ2) is 9.51. The molecule has 166 valence electrons. The van der Waals surface area contributed by atoms with Gasteiger partial charge in [0.05, 0.1) is 4.90 Å². The largest absolute Gasteiger partial charge is 0.354 e. The van der Waals surface area contributed by atoms with Gasteiger partial charge in [-0.15, -0.1) is 0 Å². The van der Waals surface area contributed by atoms with Crippen LogP contribution in [0.4, 0.5) is 5.69 Å². The first-order valence-electron chi connectivity index (χ1n) is 10.5. The molecule has 1 aliphatic rings. The maximum absolute atomic E-state index is 13.1. The van der Waals surface area contributed by atoms with Gasteiger partial charge in [0.2, 0.25) is 5.91 Å². The summed E-state index contributed by atoms with van der Waals surface area (Å²) in [5.74, 6) is -0.0953. The average molecular weight is 444 g/mol. The molecule has 1 aliphatic heterocycles. The highest BCUT2D eigenvalue weighted by atomic mass is 32.2. The first kappa shape index (κ1) is 22.8. The van der Waals surface area contributed by atoms with E-state index >= 15 is 0 Å². The Morgan fingerprint density at radius 3 is 2.52 bits per heavy atom. The Morgan fingerprint density at radius 1 is 1.13 bits per heavy atom. The zero-order valence-electron chi connectivity index (χ0n) is 18.1. The summed E-state index contributed by atoms with van der Waals surface area (Å²) in [6, 6.07) is 12.4. The number of benzene rings is 2. The predicted octanol–water partition coefficient (Wildman–Crippen LogP) is 3.17. The van der Waals surface area contributed by atoms with Crippen molar-refractivity contribution in [1.29, 1.82) is 0 Å². The number of carbonyl (C=O) groups is 2. The predicted molar refractivity (Wildman–Crippen MR) is 120 cm³/mol. The molecule has 0 aromatic heterocycles. The number of hydrogen-bond donors (Lipinski definition) is 2. The minimum absolute atomic E-state index is 0.143. The Balaban J connectivity index is 1.75. The number of nitrogens with zero attached hydrogens (tertiary/aromatic N) is 1. The normalized spacial score (nSPS) is 16.4. The lowest BCUT2D eigenvalue weighted by molar-refractivity contribution is -0.125. The van der Waals surface area contributed by atoms with E-state index in [0.717, 1.165) is 12.0 Å². The van der Waals surface area contributed by atoms with Crippen LogP contribution in [0.1, 0.15) is 42.6 Å². The number of nitrogens with one attached hydrogen (secondary N) is 2. The van der Waals surface area contributed by atoms with Gasteiger partial charge in [-0.3, -0.25) is 14.3 Å². The van der Waals surface area contributed by atoms with Gasteiger partial charge in [-0.25, -0.2) is 8.42 Å². The summed E-state index contributed by atoms with van der Waals surface area (Å²) < 4.78 is 27.8. The van der Waals surface area contributed by atoms with Gasteiger partial charge >= 0.3 is 0 Å². The van der Waals surface area contributed by atoms with Crippen LogP contribution in [0, 0.1) is 12.8 Å². The van der Waals surface area contributed by atoms with Crippen molar-refractivity contribution >= 4 is 27.5 Å². The molecule has 3 rings (SSSR count). The molecular weight excluding hydrogens is 414 g/mol. The van der Waals surface area contributed by atoms with Crippen LogP contribution >= 0.6 is 0 Å². The lowest BCUT2D eigenvalue weighted by Gasteiger charge is -2.24. The fourth-order valence-electron chi connectivity index (χ4n) is 3.52. The Labute approximate surface area is 183 Å². The van der Waals surface area contributed by atoms with Crippen molar-refractivity contribution in [3.05, 3.63) is 59.7 Å². The van der Waals surface area contributed by atoms with E-state index < -0.39 is 16.1 Å². The summed E-state index contributed by atoms with van der Waals surface area (Å²) in [6.07, 6.45) is 1.38. The minimum atomic E-state index is -3.77. The van der Waals surface area contributed by atoms with E-state index in [1.807, 2.05) is 20.8 Å². The molecule has 0 saturated carbocycles. The maximum atomic E-state index is 13.1. The summed E-state index contributed by atoms with van der Waals surface area (Å²) in [7, 11) is -3.77. The third kappa shape index (κ3) is 5.64. The minimum Gasteiger partial charge on any atom is -0.354 e. The molecule has 0 bridgehead atoms. The van der Waals surface area contributed by atoms with Crippen LogP contribution in [-0.4, -0.2) is 44.3 Å². The molecule has 2 aromatic carbocycles. The molecular formula is C23H29N3O4S. The van der Waals surface area contributed by atoms with Gasteiger partial charge in [-0.1, -0.05) is 37.6 Å². The SMILES string of the molecule is Cc1ccc(S(=O)(=O)Nc2cccc(C(=O)N3CCC[C@@H]3C(=O)NCC(C)C)c2)cc1. The fraction of sp³-hybridized carbons (Fsp3) is 0.391. The van der Waals surface area contributed by atoms with Gasteiger partial charge in [0.25, 0.3) is 15.9 Å². The number of anilines is 1. The third-order valence-electron chi connectivity index (χ3n) is 5.19. The van der Waals surface area contributed by atoms with Crippen molar-refractivity contribution in [3.8, 4) is 0 Å². The van der Waals surface area contributed by atoms with E-state index in [9.17, 15) is 18.0 Å². The van der Waals surface area contributed by atoms with Crippen LogP contribution < -0.4 is 10.0 Å². The van der Waals surface area contributed by atoms with Gasteiger partial charge in [0.1, 0.15) is 6.04 Å². The van der Waals surface area contributed by atoms with Crippen LogP contribution in [0.5, 0.6) is 0 Å². The zero-order valence-corrected chi connectivity index (χ0v) is 18.9. The number of likely N-dealkylation sites (tertiary alicyclic amines) is 1. The molecule has 0 aliphatic carbocycles. The van der Waals surface area contributed by atoms with Crippen molar-refractivity contribution < 1.29 is 18.0 Å². The lowest BCUT2D eigenvalue weighted by Crippen LogP contribution is -2.46. The molecule has 1 saturated heterocycles. The van der Waals surface area contributed by atoms with Crippen molar-refractivity contribution in [3.63, 3.8) is 0 Å². The molecule has 0 radical (unpaired) electrons. The Hall–Kier alpha value is -2.87. The molecule has 8 heteroatoms. The zero-order chi connectivity index (χ0) is 22.6. The van der Waals surface area contributed by atoms with Crippen molar-refractivity contribution in [2.45, 2.75) is 44.6 Å². The van der Waals surface area contributed by atoms with Crippen LogP contribution in [0.3, 0.4) is 0 Å². The number of hydrogen-bond acceptors (Lipinski definition) is 4. The molecule has 31 heavy (non-hydrogen) atoms. The number of carbonyl (C=O) groups excluding carboxylic acids is 2. The fourth-order valence-corrected chi connectivity index (χ4v) is 4.57. The average Bonchev–Trinajstić information content (AvgIpc) is 3.21. The molecule has 0 spiro atoms. The summed E-state index contributed by atoms with van der Waals surface area (Å²) in [4.78, 5) is 27.4. The van der Waals surface area contributed by atoms with E-state index in [1.165, 1.54) is 18.2 Å². The molecule has 1 heterocycles. The topological polar surface area (TPSA) is 95.6 Å². The van der Waals surface area contributed by atoms with Crippen LogP contribution in [0.25, 0.3) is 0 Å². The van der Waals surface area contributed by atoms with Gasteiger partial charge in [0.15, 0.2) is 0 Å². The van der Waals surface area contributed by atoms with E-state index in [2.05, 4.69) is 10.0 Å². The molecule has 2 aromatic rings. The Bertz CT molecular complexity index is 1050. The molecule has 2 amide bonds. The van der Waals surface area contributed by atoms with Crippen LogP contribution in [0.2, 0.25) is 0 Å². The molecule has 1 atom stereocenters. The number of sulfonamides is 1. The number of amides is 2. The van der Waals surface area contributed by atoms with E-state index in [0.29, 0.717) is 36.7 Å². The maximum Gasteiger partial charge on any atom is 0.261 e.